The van der Waals surface area contributed by atoms with Gasteiger partial charge < -0.3 is 16.0 Å². The van der Waals surface area contributed by atoms with Crippen molar-refractivity contribution in [2.24, 2.45) is 23.5 Å². The lowest BCUT2D eigenvalue weighted by Crippen LogP contribution is -2.47. The van der Waals surface area contributed by atoms with Crippen molar-refractivity contribution < 1.29 is 4.79 Å². The molecule has 3 N–H and O–H groups in total. The number of rotatable bonds is 5. The molecule has 0 radical (unpaired) electrons. The summed E-state index contributed by atoms with van der Waals surface area (Å²) in [6.45, 7) is 1.74. The van der Waals surface area contributed by atoms with Crippen LogP contribution in [-0.2, 0) is 4.79 Å². The second-order valence-corrected chi connectivity index (χ2v) is 7.15. The predicted octanol–water partition coefficient (Wildman–Crippen LogP) is 2.19. The van der Waals surface area contributed by atoms with E-state index in [1.165, 1.54) is 44.9 Å². The van der Waals surface area contributed by atoms with Gasteiger partial charge in [0.05, 0.1) is 5.92 Å². The van der Waals surface area contributed by atoms with Crippen molar-refractivity contribution in [3.05, 3.63) is 0 Å². The van der Waals surface area contributed by atoms with Crippen LogP contribution in [0.25, 0.3) is 0 Å². The van der Waals surface area contributed by atoms with E-state index in [-0.39, 0.29) is 42.7 Å². The SMILES string of the molecule is CN(CCNC(=O)C1C2CCC(C2)C1N)C1CCCC1.Cl.Cl. The van der Waals surface area contributed by atoms with E-state index in [2.05, 4.69) is 17.3 Å². The van der Waals surface area contributed by atoms with Crippen molar-refractivity contribution in [3.63, 3.8) is 0 Å². The van der Waals surface area contributed by atoms with Crippen LogP contribution in [0.15, 0.2) is 0 Å². The van der Waals surface area contributed by atoms with E-state index in [1.807, 2.05) is 0 Å². The minimum Gasteiger partial charge on any atom is -0.355 e. The second kappa shape index (κ2) is 8.72. The zero-order valence-corrected chi connectivity index (χ0v) is 15.1. The molecular formula is C16H31Cl2N3O. The molecule has 1 amide bonds. The predicted molar refractivity (Wildman–Crippen MR) is 94.7 cm³/mol. The highest BCUT2D eigenvalue weighted by Crippen LogP contribution is 2.47. The zero-order valence-electron chi connectivity index (χ0n) is 13.5. The summed E-state index contributed by atoms with van der Waals surface area (Å²) in [5.74, 6) is 1.47. The van der Waals surface area contributed by atoms with Crippen LogP contribution < -0.4 is 11.1 Å². The van der Waals surface area contributed by atoms with Crippen molar-refractivity contribution >= 4 is 30.7 Å². The standard InChI is InChI=1S/C16H29N3O.2ClH/c1-19(13-4-2-3-5-13)9-8-18-16(20)14-11-6-7-12(10-11)15(14)17;;/h11-15H,2-10,17H2,1H3,(H,18,20);2*1H. The van der Waals surface area contributed by atoms with Crippen molar-refractivity contribution in [1.82, 2.24) is 10.2 Å². The van der Waals surface area contributed by atoms with Crippen LogP contribution in [0.4, 0.5) is 0 Å². The number of fused-ring (bicyclic) bond motifs is 2. The van der Waals surface area contributed by atoms with Crippen LogP contribution in [0.3, 0.4) is 0 Å². The zero-order chi connectivity index (χ0) is 14.1. The van der Waals surface area contributed by atoms with Crippen LogP contribution in [0.2, 0.25) is 0 Å². The molecule has 0 aromatic heterocycles. The van der Waals surface area contributed by atoms with Crippen molar-refractivity contribution in [2.45, 2.75) is 57.0 Å². The first kappa shape index (κ1) is 20.0. The minimum absolute atomic E-state index is 0. The Balaban J connectivity index is 0.00000121. The Morgan fingerprint density at radius 3 is 2.36 bits per heavy atom. The van der Waals surface area contributed by atoms with E-state index in [9.17, 15) is 4.79 Å². The first-order valence-electron chi connectivity index (χ1n) is 8.40. The van der Waals surface area contributed by atoms with E-state index in [4.69, 9.17) is 5.73 Å². The molecule has 4 nitrogen and oxygen atoms in total. The molecule has 2 bridgehead atoms. The van der Waals surface area contributed by atoms with Crippen LogP contribution in [0, 0.1) is 17.8 Å². The van der Waals surface area contributed by atoms with E-state index in [0.29, 0.717) is 11.8 Å². The lowest BCUT2D eigenvalue weighted by atomic mass is 9.84. The molecule has 22 heavy (non-hydrogen) atoms. The van der Waals surface area contributed by atoms with Gasteiger partial charge in [-0.2, -0.15) is 0 Å². The summed E-state index contributed by atoms with van der Waals surface area (Å²) >= 11 is 0. The van der Waals surface area contributed by atoms with Gasteiger partial charge in [0, 0.05) is 25.2 Å². The monoisotopic (exact) mass is 351 g/mol. The van der Waals surface area contributed by atoms with Crippen LogP contribution in [-0.4, -0.2) is 43.0 Å². The summed E-state index contributed by atoms with van der Waals surface area (Å²) in [4.78, 5) is 14.7. The van der Waals surface area contributed by atoms with Gasteiger partial charge in [-0.25, -0.2) is 0 Å². The van der Waals surface area contributed by atoms with Gasteiger partial charge in [-0.15, -0.1) is 24.8 Å². The molecule has 130 valence electrons. The smallest absolute Gasteiger partial charge is 0.225 e. The quantitative estimate of drug-likeness (QED) is 0.798. The Kier molecular flexibility index (Phi) is 7.93. The third-order valence-electron chi connectivity index (χ3n) is 6.00. The third kappa shape index (κ3) is 4.08. The summed E-state index contributed by atoms with van der Waals surface area (Å²) in [5.41, 5.74) is 6.22. The number of amides is 1. The fourth-order valence-electron chi connectivity index (χ4n) is 4.73. The Labute approximate surface area is 146 Å². The molecule has 0 aromatic carbocycles. The lowest BCUT2D eigenvalue weighted by molar-refractivity contribution is -0.127. The third-order valence-corrected chi connectivity index (χ3v) is 6.00. The number of nitrogens with one attached hydrogen (secondary N) is 1. The Hall–Kier alpha value is -0.0300. The number of nitrogens with two attached hydrogens (primary N) is 1. The van der Waals surface area contributed by atoms with Gasteiger partial charge in [0.15, 0.2) is 0 Å². The Bertz CT molecular complexity index is 361. The van der Waals surface area contributed by atoms with Crippen molar-refractivity contribution in [3.8, 4) is 0 Å². The largest absolute Gasteiger partial charge is 0.355 e. The summed E-state index contributed by atoms with van der Waals surface area (Å²) in [6, 6.07) is 0.845. The van der Waals surface area contributed by atoms with Gasteiger partial charge in [-0.3, -0.25) is 4.79 Å². The second-order valence-electron chi connectivity index (χ2n) is 7.15. The molecular weight excluding hydrogens is 321 g/mol. The topological polar surface area (TPSA) is 58.4 Å². The normalized spacial score (nSPS) is 33.6. The number of halogens is 2. The molecule has 3 saturated carbocycles. The molecule has 0 saturated heterocycles. The molecule has 3 aliphatic rings. The van der Waals surface area contributed by atoms with E-state index < -0.39 is 0 Å². The molecule has 4 unspecified atom stereocenters. The van der Waals surface area contributed by atoms with Gasteiger partial charge >= 0.3 is 0 Å². The Morgan fingerprint density at radius 1 is 1.14 bits per heavy atom. The highest BCUT2D eigenvalue weighted by atomic mass is 35.5. The molecule has 0 aromatic rings. The molecule has 6 heteroatoms. The maximum Gasteiger partial charge on any atom is 0.225 e. The summed E-state index contributed by atoms with van der Waals surface area (Å²) < 4.78 is 0. The summed E-state index contributed by atoms with van der Waals surface area (Å²) in [5, 5.41) is 3.13. The summed E-state index contributed by atoms with van der Waals surface area (Å²) in [7, 11) is 2.19. The Morgan fingerprint density at radius 2 is 1.77 bits per heavy atom. The van der Waals surface area contributed by atoms with E-state index >= 15 is 0 Å². The average molecular weight is 352 g/mol. The van der Waals surface area contributed by atoms with E-state index in [1.54, 1.807) is 0 Å². The minimum atomic E-state index is 0. The number of nitrogens with zero attached hydrogens (tertiary/aromatic N) is 1. The molecule has 4 atom stereocenters. The van der Waals surface area contributed by atoms with Crippen LogP contribution in [0.1, 0.15) is 44.9 Å². The van der Waals surface area contributed by atoms with Crippen LogP contribution >= 0.6 is 24.8 Å². The lowest BCUT2D eigenvalue weighted by Gasteiger charge is -2.28. The fourth-order valence-corrected chi connectivity index (χ4v) is 4.73. The molecule has 0 aliphatic heterocycles. The highest BCUT2D eigenvalue weighted by molar-refractivity contribution is 5.85. The first-order chi connectivity index (χ1) is 9.66. The van der Waals surface area contributed by atoms with Gasteiger partial charge in [0.1, 0.15) is 0 Å². The maximum atomic E-state index is 12.3. The molecule has 0 heterocycles. The van der Waals surface area contributed by atoms with Gasteiger partial charge in [0.25, 0.3) is 0 Å². The van der Waals surface area contributed by atoms with Crippen molar-refractivity contribution in [2.75, 3.05) is 20.1 Å². The summed E-state index contributed by atoms with van der Waals surface area (Å²) in [6.07, 6.45) is 8.99. The number of carbonyl (C=O) groups excluding carboxylic acids is 1. The molecule has 3 aliphatic carbocycles. The number of hydrogen-bond donors (Lipinski definition) is 2. The molecule has 3 fully saturated rings. The number of hydrogen-bond acceptors (Lipinski definition) is 3. The molecule has 0 spiro atoms. The first-order valence-corrected chi connectivity index (χ1v) is 8.40. The average Bonchev–Trinajstić information content (AvgIpc) is 3.15. The number of likely N-dealkylation sites (N-methyl/N-ethyl adjacent to an activating group) is 1. The van der Waals surface area contributed by atoms with Gasteiger partial charge in [0.2, 0.25) is 5.91 Å². The van der Waals surface area contributed by atoms with Gasteiger partial charge in [-0.05, 0) is 51.0 Å². The molecule has 3 rings (SSSR count). The van der Waals surface area contributed by atoms with E-state index in [0.717, 1.165) is 19.1 Å². The van der Waals surface area contributed by atoms with Crippen molar-refractivity contribution in [1.29, 1.82) is 0 Å². The number of carbonyl (C=O) groups is 1. The maximum absolute atomic E-state index is 12.3. The highest BCUT2D eigenvalue weighted by Gasteiger charge is 2.48. The van der Waals surface area contributed by atoms with Gasteiger partial charge in [-0.1, -0.05) is 12.8 Å². The van der Waals surface area contributed by atoms with Crippen LogP contribution in [0.5, 0.6) is 0 Å². The fraction of sp³-hybridized carbons (Fsp3) is 0.938.